The molecule has 2 N–H and O–H groups in total. The van der Waals surface area contributed by atoms with Gasteiger partial charge in [0.2, 0.25) is 5.88 Å². The second-order valence-electron chi connectivity index (χ2n) is 16.1. The molecular formula is C44H53F2N5O7. The van der Waals surface area contributed by atoms with Crippen molar-refractivity contribution < 1.29 is 42.7 Å². The number of ether oxygens (including phenoxy) is 5. The average molecular weight is 802 g/mol. The Labute approximate surface area is 337 Å². The lowest BCUT2D eigenvalue weighted by molar-refractivity contribution is -0.125. The molecule has 1 spiro atoms. The van der Waals surface area contributed by atoms with Crippen molar-refractivity contribution in [2.45, 2.75) is 89.0 Å². The number of piperidine rings is 1. The largest absolute Gasteiger partial charge is 0.508 e. The molecule has 4 saturated heterocycles. The molecule has 9 rings (SSSR count). The first kappa shape index (κ1) is 40.4. The van der Waals surface area contributed by atoms with Gasteiger partial charge in [-0.25, -0.2) is 13.8 Å². The van der Waals surface area contributed by atoms with Crippen LogP contribution in [-0.4, -0.2) is 120 Å². The number of aliphatic hydroxyl groups is 1. The summed E-state index contributed by atoms with van der Waals surface area (Å²) in [4.78, 5) is 18.7. The number of benzene rings is 2. The minimum absolute atomic E-state index is 0.00738. The SMILES string of the molecule is C#Cc1c(F)ccc2cc(O)cc(-c3nc(OC)c4c(N5CCOCC(O)C5)nc(OCC56CCCC5N(C5CCOC7(CCOC7)C5)CCC6)nc4c3F)c12.CC. The quantitative estimate of drug-likeness (QED) is 0.201. The number of aromatic nitrogens is 3. The van der Waals surface area contributed by atoms with E-state index in [1.807, 2.05) is 13.8 Å². The lowest BCUT2D eigenvalue weighted by atomic mass is 9.74. The zero-order valence-corrected chi connectivity index (χ0v) is 33.6. The van der Waals surface area contributed by atoms with Gasteiger partial charge in [0.1, 0.15) is 34.0 Å². The highest BCUT2D eigenvalue weighted by Crippen LogP contribution is 2.50. The van der Waals surface area contributed by atoms with Crippen molar-refractivity contribution in [3.63, 3.8) is 0 Å². The highest BCUT2D eigenvalue weighted by Gasteiger charge is 2.52. The molecule has 5 aliphatic rings. The number of phenolic OH excluding ortho intramolecular Hbond substituents is 1. The van der Waals surface area contributed by atoms with Crippen LogP contribution in [0.4, 0.5) is 14.6 Å². The third-order valence-electron chi connectivity index (χ3n) is 12.7. The molecule has 58 heavy (non-hydrogen) atoms. The fourth-order valence-corrected chi connectivity index (χ4v) is 10.2. The molecule has 12 nitrogen and oxygen atoms in total. The van der Waals surface area contributed by atoms with Crippen LogP contribution in [0.2, 0.25) is 0 Å². The number of aromatic hydroxyl groups is 1. The standard InChI is InChI=1S/C42H47F2N5O7.C2H6/c1-3-29-31(43)8-7-25-18-27(50)19-30(33(25)29)36-35(44)37-34(39(45-36)52-2)38(48-14-17-53-22-28(51)21-48)47-40(46-37)55-23-41-10-4-6-32(41)49(13-5-11-41)26-9-15-56-42(20-26)12-16-54-24-42;1-2/h1,7-8,18-19,26,28,32,50-51H,4-6,9-17,20-24H2,2H3;1-2H3. The minimum Gasteiger partial charge on any atom is -0.508 e. The van der Waals surface area contributed by atoms with Gasteiger partial charge in [-0.1, -0.05) is 32.3 Å². The molecule has 4 aliphatic heterocycles. The molecule has 2 aromatic carbocycles. The average Bonchev–Trinajstić information content (AvgIpc) is 3.82. The predicted octanol–water partition coefficient (Wildman–Crippen LogP) is 6.39. The van der Waals surface area contributed by atoms with E-state index in [0.29, 0.717) is 43.8 Å². The molecule has 14 heteroatoms. The summed E-state index contributed by atoms with van der Waals surface area (Å²) >= 11 is 0. The molecule has 4 aromatic rings. The van der Waals surface area contributed by atoms with E-state index in [0.717, 1.165) is 71.1 Å². The Hall–Kier alpha value is -4.39. The van der Waals surface area contributed by atoms with Crippen molar-refractivity contribution in [3.05, 3.63) is 41.5 Å². The van der Waals surface area contributed by atoms with Gasteiger partial charge in [-0.05, 0) is 68.7 Å². The van der Waals surface area contributed by atoms with Crippen LogP contribution in [0.25, 0.3) is 32.9 Å². The number of pyridine rings is 1. The van der Waals surface area contributed by atoms with Gasteiger partial charge in [0, 0.05) is 61.2 Å². The van der Waals surface area contributed by atoms with Gasteiger partial charge in [0.25, 0.3) is 0 Å². The molecule has 0 radical (unpaired) electrons. The Morgan fingerprint density at radius 1 is 1.00 bits per heavy atom. The predicted molar refractivity (Wildman–Crippen MR) is 215 cm³/mol. The number of aliphatic hydroxyl groups excluding tert-OH is 1. The van der Waals surface area contributed by atoms with Crippen molar-refractivity contribution in [1.29, 1.82) is 0 Å². The van der Waals surface area contributed by atoms with Gasteiger partial charge < -0.3 is 38.8 Å². The molecular weight excluding hydrogens is 749 g/mol. The zero-order chi connectivity index (χ0) is 40.6. The van der Waals surface area contributed by atoms with Crippen LogP contribution in [0.1, 0.15) is 70.8 Å². The van der Waals surface area contributed by atoms with E-state index in [1.165, 1.54) is 31.4 Å². The number of halogens is 2. The van der Waals surface area contributed by atoms with Gasteiger partial charge in [-0.3, -0.25) is 4.90 Å². The molecule has 1 saturated carbocycles. The highest BCUT2D eigenvalue weighted by atomic mass is 19.1. The van der Waals surface area contributed by atoms with Crippen LogP contribution < -0.4 is 14.4 Å². The third kappa shape index (κ3) is 7.30. The lowest BCUT2D eigenvalue weighted by Gasteiger charge is -2.52. The number of fused-ring (bicyclic) bond motifs is 3. The molecule has 2 aromatic heterocycles. The number of anilines is 1. The molecule has 5 unspecified atom stereocenters. The maximum Gasteiger partial charge on any atom is 0.319 e. The Balaban J connectivity index is 0.00000231. The maximum atomic E-state index is 17.3. The zero-order valence-electron chi connectivity index (χ0n) is 33.6. The summed E-state index contributed by atoms with van der Waals surface area (Å²) in [6, 6.07) is 6.10. The third-order valence-corrected chi connectivity index (χ3v) is 12.7. The van der Waals surface area contributed by atoms with Crippen molar-refractivity contribution in [3.8, 4) is 41.2 Å². The summed E-state index contributed by atoms with van der Waals surface area (Å²) in [5.41, 5.74) is -0.746. The van der Waals surface area contributed by atoms with Crippen molar-refractivity contribution >= 4 is 27.5 Å². The van der Waals surface area contributed by atoms with Crippen LogP contribution in [0.5, 0.6) is 17.6 Å². The first-order chi connectivity index (χ1) is 28.2. The first-order valence-corrected chi connectivity index (χ1v) is 20.7. The van der Waals surface area contributed by atoms with Gasteiger partial charge in [-0.15, -0.1) is 6.42 Å². The summed E-state index contributed by atoms with van der Waals surface area (Å²) < 4.78 is 62.6. The number of rotatable bonds is 7. The number of likely N-dealkylation sites (tertiary alicyclic amines) is 1. The van der Waals surface area contributed by atoms with E-state index in [1.54, 1.807) is 4.90 Å². The number of nitrogens with zero attached hydrogens (tertiary/aromatic N) is 5. The number of terminal acetylenes is 1. The van der Waals surface area contributed by atoms with E-state index >= 15 is 8.78 Å². The van der Waals surface area contributed by atoms with E-state index in [4.69, 9.17) is 40.1 Å². The van der Waals surface area contributed by atoms with Crippen molar-refractivity contribution in [1.82, 2.24) is 19.9 Å². The number of phenols is 1. The highest BCUT2D eigenvalue weighted by molar-refractivity contribution is 6.04. The Bertz CT molecular complexity index is 2200. The molecule has 5 atom stereocenters. The topological polar surface area (TPSA) is 132 Å². The number of hydrogen-bond acceptors (Lipinski definition) is 12. The number of methoxy groups -OCH3 is 1. The minimum atomic E-state index is -0.856. The van der Waals surface area contributed by atoms with Gasteiger partial charge >= 0.3 is 6.01 Å². The van der Waals surface area contributed by atoms with Crippen LogP contribution in [0.3, 0.4) is 0 Å². The summed E-state index contributed by atoms with van der Waals surface area (Å²) in [7, 11) is 1.40. The van der Waals surface area contributed by atoms with Crippen LogP contribution in [0.15, 0.2) is 24.3 Å². The van der Waals surface area contributed by atoms with E-state index < -0.39 is 17.7 Å². The molecule has 5 fully saturated rings. The molecule has 1 aliphatic carbocycles. The van der Waals surface area contributed by atoms with Crippen LogP contribution >= 0.6 is 0 Å². The van der Waals surface area contributed by atoms with Crippen LogP contribution in [0, 0.1) is 29.4 Å². The number of hydrogen-bond donors (Lipinski definition) is 2. The normalized spacial score (nSPS) is 27.5. The van der Waals surface area contributed by atoms with E-state index in [-0.39, 0.29) is 80.7 Å². The lowest BCUT2D eigenvalue weighted by Crippen LogP contribution is -2.58. The van der Waals surface area contributed by atoms with Crippen molar-refractivity contribution in [2.24, 2.45) is 5.41 Å². The molecule has 6 heterocycles. The number of β-amino-alcohol motifs (C(OH)–C–C–N with tert-alkyl or cyclic N) is 1. The molecule has 0 amide bonds. The second kappa shape index (κ2) is 16.7. The Morgan fingerprint density at radius 2 is 1.84 bits per heavy atom. The van der Waals surface area contributed by atoms with Crippen LogP contribution in [-0.2, 0) is 14.2 Å². The van der Waals surface area contributed by atoms with Gasteiger partial charge in [0.05, 0.1) is 50.8 Å². The smallest absolute Gasteiger partial charge is 0.319 e. The summed E-state index contributed by atoms with van der Waals surface area (Å²) in [5.74, 6) is 0.940. The van der Waals surface area contributed by atoms with E-state index in [2.05, 4.69) is 15.8 Å². The monoisotopic (exact) mass is 801 g/mol. The van der Waals surface area contributed by atoms with Gasteiger partial charge in [0.15, 0.2) is 5.82 Å². The Kier molecular flexibility index (Phi) is 11.6. The Morgan fingerprint density at radius 3 is 2.64 bits per heavy atom. The summed E-state index contributed by atoms with van der Waals surface area (Å²) in [6.07, 6.45) is 13.0. The van der Waals surface area contributed by atoms with E-state index in [9.17, 15) is 10.2 Å². The molecule has 310 valence electrons. The summed E-state index contributed by atoms with van der Waals surface area (Å²) in [5, 5.41) is 22.3. The fraction of sp³-hybridized carbons (Fsp3) is 0.568. The first-order valence-electron chi connectivity index (χ1n) is 20.7. The molecule has 0 bridgehead atoms. The van der Waals surface area contributed by atoms with Gasteiger partial charge in [-0.2, -0.15) is 9.97 Å². The fourth-order valence-electron chi connectivity index (χ4n) is 10.2. The summed E-state index contributed by atoms with van der Waals surface area (Å²) in [6.45, 7) is 8.43. The van der Waals surface area contributed by atoms with Crippen molar-refractivity contribution in [2.75, 3.05) is 71.3 Å². The maximum absolute atomic E-state index is 17.3. The second-order valence-corrected chi connectivity index (χ2v) is 16.1.